The summed E-state index contributed by atoms with van der Waals surface area (Å²) >= 11 is 7.70. The number of carbonyl (C=O) groups excluding carboxylic acids is 1. The van der Waals surface area contributed by atoms with E-state index in [0.29, 0.717) is 24.1 Å². The number of nitrogens with one attached hydrogen (secondary N) is 1. The van der Waals surface area contributed by atoms with Crippen LogP contribution in [0.4, 0.5) is 5.13 Å². The van der Waals surface area contributed by atoms with E-state index in [4.69, 9.17) is 11.6 Å². The summed E-state index contributed by atoms with van der Waals surface area (Å²) in [4.78, 5) is 18.7. The molecule has 0 saturated carbocycles. The lowest BCUT2D eigenvalue weighted by atomic mass is 9.89. The number of thiazole rings is 1. The summed E-state index contributed by atoms with van der Waals surface area (Å²) < 4.78 is 26.9. The van der Waals surface area contributed by atoms with Crippen molar-refractivity contribution in [3.8, 4) is 0 Å². The van der Waals surface area contributed by atoms with E-state index in [1.165, 1.54) is 38.7 Å². The monoisotopic (exact) mass is 455 g/mol. The first-order valence-corrected chi connectivity index (χ1v) is 12.5. The number of hydrogen-bond donors (Lipinski definition) is 1. The Morgan fingerprint density at radius 1 is 1.31 bits per heavy atom. The highest BCUT2D eigenvalue weighted by molar-refractivity contribution is 7.89. The first-order chi connectivity index (χ1) is 13.8. The Kier molecular flexibility index (Phi) is 6.98. The number of nitrogens with zero attached hydrogens (tertiary/aromatic N) is 2. The van der Waals surface area contributed by atoms with Gasteiger partial charge in [0, 0.05) is 18.0 Å². The van der Waals surface area contributed by atoms with Crippen molar-refractivity contribution in [1.29, 1.82) is 0 Å². The second-order valence-electron chi connectivity index (χ2n) is 7.09. The molecule has 1 unspecified atom stereocenters. The number of hydrogen-bond acceptors (Lipinski definition) is 5. The fourth-order valence-corrected chi connectivity index (χ4v) is 6.37. The Morgan fingerprint density at radius 3 is 2.69 bits per heavy atom. The minimum atomic E-state index is -3.68. The average Bonchev–Trinajstić information content (AvgIpc) is 3.09. The number of carbonyl (C=O) groups is 1. The van der Waals surface area contributed by atoms with Crippen LogP contribution in [0.5, 0.6) is 0 Å². The van der Waals surface area contributed by atoms with E-state index in [1.54, 1.807) is 13.8 Å². The lowest BCUT2D eigenvalue weighted by Gasteiger charge is -2.19. The van der Waals surface area contributed by atoms with Gasteiger partial charge in [-0.15, -0.1) is 11.3 Å². The minimum absolute atomic E-state index is 0.0555. The predicted molar refractivity (Wildman–Crippen MR) is 117 cm³/mol. The molecule has 6 nitrogen and oxygen atoms in total. The van der Waals surface area contributed by atoms with Gasteiger partial charge in [0.2, 0.25) is 10.0 Å². The third-order valence-electron chi connectivity index (χ3n) is 5.37. The first-order valence-electron chi connectivity index (χ1n) is 9.89. The number of fused-ring (bicyclic) bond motifs is 1. The van der Waals surface area contributed by atoms with E-state index in [0.717, 1.165) is 31.4 Å². The van der Waals surface area contributed by atoms with Crippen molar-refractivity contribution in [2.24, 2.45) is 5.92 Å². The van der Waals surface area contributed by atoms with Crippen LogP contribution >= 0.6 is 22.9 Å². The van der Waals surface area contributed by atoms with Gasteiger partial charge in [0.25, 0.3) is 5.91 Å². The summed E-state index contributed by atoms with van der Waals surface area (Å²) in [6.45, 7) is 6.45. The first kappa shape index (κ1) is 22.2. The molecule has 0 radical (unpaired) electrons. The molecule has 1 heterocycles. The highest BCUT2D eigenvalue weighted by Crippen LogP contribution is 2.34. The van der Waals surface area contributed by atoms with Crippen molar-refractivity contribution in [3.05, 3.63) is 39.4 Å². The van der Waals surface area contributed by atoms with Crippen molar-refractivity contribution < 1.29 is 13.2 Å². The molecule has 1 aliphatic rings. The molecule has 1 aromatic carbocycles. The third-order valence-corrected chi connectivity index (χ3v) is 8.78. The number of aromatic nitrogens is 1. The van der Waals surface area contributed by atoms with Crippen molar-refractivity contribution in [2.45, 2.75) is 51.3 Å². The number of aryl methyl sites for hydroxylation is 1. The molecule has 1 aliphatic carbocycles. The Hall–Kier alpha value is -1.48. The predicted octanol–water partition coefficient (Wildman–Crippen LogP) is 4.59. The maximum absolute atomic E-state index is 12.8. The molecule has 0 aliphatic heterocycles. The number of amides is 1. The standard InChI is InChI=1S/C20H26ClN3O3S2/c1-4-13-7-10-17-18(11-13)28-20(22-17)23-19(25)15-12-14(8-9-16(15)21)29(26,27)24(5-2)6-3/h8-9,12-13H,4-7,10-11H2,1-3H3,(H,22,23,25). The molecule has 158 valence electrons. The topological polar surface area (TPSA) is 79.4 Å². The van der Waals surface area contributed by atoms with Gasteiger partial charge in [0.1, 0.15) is 0 Å². The summed E-state index contributed by atoms with van der Waals surface area (Å²) in [5.41, 5.74) is 1.18. The average molecular weight is 456 g/mol. The van der Waals surface area contributed by atoms with Crippen LogP contribution in [0.15, 0.2) is 23.1 Å². The van der Waals surface area contributed by atoms with Crippen LogP contribution in [0.2, 0.25) is 5.02 Å². The van der Waals surface area contributed by atoms with Gasteiger partial charge < -0.3 is 0 Å². The number of halogens is 1. The van der Waals surface area contributed by atoms with E-state index in [1.807, 2.05) is 0 Å². The van der Waals surface area contributed by atoms with Gasteiger partial charge in [-0.3, -0.25) is 10.1 Å². The van der Waals surface area contributed by atoms with Crippen LogP contribution in [-0.4, -0.2) is 36.7 Å². The Balaban J connectivity index is 1.84. The van der Waals surface area contributed by atoms with Gasteiger partial charge in [-0.05, 0) is 43.4 Å². The lowest BCUT2D eigenvalue weighted by molar-refractivity contribution is 0.102. The summed E-state index contributed by atoms with van der Waals surface area (Å²) in [6, 6.07) is 4.22. The molecule has 1 N–H and O–H groups in total. The van der Waals surface area contributed by atoms with Crippen molar-refractivity contribution in [1.82, 2.24) is 9.29 Å². The van der Waals surface area contributed by atoms with E-state index in [-0.39, 0.29) is 15.5 Å². The second-order valence-corrected chi connectivity index (χ2v) is 10.5. The fourth-order valence-electron chi connectivity index (χ4n) is 3.56. The largest absolute Gasteiger partial charge is 0.298 e. The Bertz CT molecular complexity index is 1000. The van der Waals surface area contributed by atoms with E-state index < -0.39 is 15.9 Å². The molecular weight excluding hydrogens is 430 g/mol. The van der Waals surface area contributed by atoms with Crippen LogP contribution in [-0.2, 0) is 22.9 Å². The van der Waals surface area contributed by atoms with Crippen LogP contribution in [0.1, 0.15) is 54.5 Å². The number of rotatable bonds is 7. The summed E-state index contributed by atoms with van der Waals surface area (Å²) in [6.07, 6.45) is 4.19. The van der Waals surface area contributed by atoms with Gasteiger partial charge in [0.05, 0.1) is 21.2 Å². The van der Waals surface area contributed by atoms with Gasteiger partial charge >= 0.3 is 0 Å². The molecule has 1 aromatic heterocycles. The van der Waals surface area contributed by atoms with E-state index in [9.17, 15) is 13.2 Å². The van der Waals surface area contributed by atoms with Crippen LogP contribution in [0.25, 0.3) is 0 Å². The lowest BCUT2D eigenvalue weighted by Crippen LogP contribution is -2.30. The molecule has 0 fully saturated rings. The quantitative estimate of drug-likeness (QED) is 0.661. The van der Waals surface area contributed by atoms with Gasteiger partial charge in [-0.2, -0.15) is 4.31 Å². The molecule has 0 bridgehead atoms. The number of sulfonamides is 1. The highest BCUT2D eigenvalue weighted by Gasteiger charge is 2.25. The van der Waals surface area contributed by atoms with Gasteiger partial charge in [0.15, 0.2) is 5.13 Å². The van der Waals surface area contributed by atoms with Crippen LogP contribution < -0.4 is 5.32 Å². The zero-order valence-electron chi connectivity index (χ0n) is 16.9. The third kappa shape index (κ3) is 4.66. The summed E-state index contributed by atoms with van der Waals surface area (Å²) in [5, 5.41) is 3.54. The number of anilines is 1. The molecular formula is C20H26ClN3O3S2. The summed E-state index contributed by atoms with van der Waals surface area (Å²) in [5.74, 6) is 0.215. The van der Waals surface area contributed by atoms with Gasteiger partial charge in [-0.1, -0.05) is 38.8 Å². The molecule has 1 amide bonds. The smallest absolute Gasteiger partial charge is 0.259 e. The maximum atomic E-state index is 12.8. The fraction of sp³-hybridized carbons (Fsp3) is 0.500. The molecule has 0 saturated heterocycles. The Labute approximate surface area is 181 Å². The van der Waals surface area contributed by atoms with E-state index in [2.05, 4.69) is 17.2 Å². The normalized spacial score (nSPS) is 16.7. The van der Waals surface area contributed by atoms with Crippen molar-refractivity contribution >= 4 is 44.0 Å². The molecule has 2 aromatic rings. The van der Waals surface area contributed by atoms with Crippen molar-refractivity contribution in [2.75, 3.05) is 18.4 Å². The number of benzene rings is 1. The second kappa shape index (κ2) is 9.12. The van der Waals surface area contributed by atoms with Crippen LogP contribution in [0, 0.1) is 5.92 Å². The maximum Gasteiger partial charge on any atom is 0.259 e. The van der Waals surface area contributed by atoms with Crippen molar-refractivity contribution in [3.63, 3.8) is 0 Å². The molecule has 3 rings (SSSR count). The molecule has 9 heteroatoms. The molecule has 0 spiro atoms. The molecule has 29 heavy (non-hydrogen) atoms. The summed E-state index contributed by atoms with van der Waals surface area (Å²) in [7, 11) is -3.68. The van der Waals surface area contributed by atoms with Gasteiger partial charge in [-0.25, -0.2) is 13.4 Å². The minimum Gasteiger partial charge on any atom is -0.298 e. The van der Waals surface area contributed by atoms with E-state index >= 15 is 0 Å². The molecule has 1 atom stereocenters. The highest BCUT2D eigenvalue weighted by atomic mass is 35.5. The zero-order chi connectivity index (χ0) is 21.2. The Morgan fingerprint density at radius 2 is 2.03 bits per heavy atom. The van der Waals surface area contributed by atoms with Crippen LogP contribution in [0.3, 0.4) is 0 Å². The SMILES string of the molecule is CCC1CCc2nc(NC(=O)c3cc(S(=O)(=O)N(CC)CC)ccc3Cl)sc2C1. The zero-order valence-corrected chi connectivity index (χ0v) is 19.3.